The van der Waals surface area contributed by atoms with E-state index >= 15 is 0 Å². The number of nitrogens with one attached hydrogen (secondary N) is 1. The zero-order valence-electron chi connectivity index (χ0n) is 22.6. The van der Waals surface area contributed by atoms with Crippen LogP contribution in [0.3, 0.4) is 0 Å². The largest absolute Gasteiger partial charge is 0.481 e. The number of carboxylic acid groups (broad SMARTS) is 1. The van der Waals surface area contributed by atoms with E-state index in [4.69, 9.17) is 20.4 Å². The Labute approximate surface area is 227 Å². The van der Waals surface area contributed by atoms with Crippen LogP contribution >= 0.6 is 11.3 Å². The third-order valence-electron chi connectivity index (χ3n) is 5.54. The highest BCUT2D eigenvalue weighted by atomic mass is 32.1. The van der Waals surface area contributed by atoms with Gasteiger partial charge in [-0.1, -0.05) is 20.8 Å². The van der Waals surface area contributed by atoms with Crippen LogP contribution in [-0.4, -0.2) is 77.4 Å². The molecule has 0 aromatic carbocycles. The van der Waals surface area contributed by atoms with Gasteiger partial charge in [-0.2, -0.15) is 0 Å². The van der Waals surface area contributed by atoms with Crippen LogP contribution in [0.15, 0.2) is 22.0 Å². The van der Waals surface area contributed by atoms with Crippen LogP contribution in [-0.2, 0) is 24.0 Å². The number of amidine groups is 1. The summed E-state index contributed by atoms with van der Waals surface area (Å²) in [5.41, 5.74) is 5.39. The molecule has 0 spiro atoms. The van der Waals surface area contributed by atoms with Crippen molar-refractivity contribution in [2.24, 2.45) is 16.1 Å². The number of hydrogen-bond donors (Lipinski definition) is 4. The van der Waals surface area contributed by atoms with Crippen molar-refractivity contribution in [3.8, 4) is 0 Å². The molecule has 0 bridgehead atoms. The molecule has 2 amide bonds. The maximum absolute atomic E-state index is 13.2. The molecule has 0 aliphatic carbocycles. The van der Waals surface area contributed by atoms with Crippen molar-refractivity contribution in [1.82, 2.24) is 10.4 Å². The molecule has 0 saturated carbocycles. The van der Waals surface area contributed by atoms with Crippen LogP contribution in [0.2, 0.25) is 0 Å². The zero-order valence-corrected chi connectivity index (χ0v) is 23.4. The molecule has 12 heteroatoms. The summed E-state index contributed by atoms with van der Waals surface area (Å²) in [4.78, 5) is 47.3. The first-order valence-electron chi connectivity index (χ1n) is 12.7. The lowest BCUT2D eigenvalue weighted by molar-refractivity contribution is -0.182. The predicted octanol–water partition coefficient (Wildman–Crippen LogP) is 2.86. The van der Waals surface area contributed by atoms with Crippen LogP contribution < -0.4 is 11.1 Å². The fourth-order valence-electron chi connectivity index (χ4n) is 3.65. The number of carbonyl (C=O) groups excluding carboxylic acids is 2. The average molecular weight is 553 g/mol. The minimum Gasteiger partial charge on any atom is -0.481 e. The van der Waals surface area contributed by atoms with Gasteiger partial charge in [0, 0.05) is 36.9 Å². The molecule has 1 aromatic rings. The van der Waals surface area contributed by atoms with E-state index in [1.165, 1.54) is 23.3 Å². The normalized spacial score (nSPS) is 15.0. The Morgan fingerprint density at radius 1 is 1.26 bits per heavy atom. The highest BCUT2D eigenvalue weighted by molar-refractivity contribution is 7.11. The Bertz CT molecular complexity index is 1030. The number of aliphatic carboxylic acids is 1. The molecule has 1 aromatic heterocycles. The first-order valence-corrected chi connectivity index (χ1v) is 13.5. The van der Waals surface area contributed by atoms with Gasteiger partial charge in [-0.3, -0.25) is 19.2 Å². The van der Waals surface area contributed by atoms with Crippen molar-refractivity contribution < 1.29 is 34.2 Å². The van der Waals surface area contributed by atoms with Gasteiger partial charge >= 0.3 is 5.97 Å². The van der Waals surface area contributed by atoms with Crippen molar-refractivity contribution >= 4 is 46.7 Å². The predicted molar refractivity (Wildman–Crippen MR) is 146 cm³/mol. The SMILES string of the molecule is CCCN(OCCCC(=O)NCC(C)(C)COCC(C)(O)CC(=O)O)C(=O)C1=Cc2sccc2N=C(N)C1. The van der Waals surface area contributed by atoms with E-state index in [1.54, 1.807) is 0 Å². The molecule has 5 N–H and O–H groups in total. The van der Waals surface area contributed by atoms with Crippen LogP contribution in [0.1, 0.15) is 64.7 Å². The number of amides is 2. The number of ether oxygens (including phenoxy) is 1. The van der Waals surface area contributed by atoms with E-state index in [9.17, 15) is 19.5 Å². The number of carboxylic acids is 1. The topological polar surface area (TPSA) is 164 Å². The molecule has 38 heavy (non-hydrogen) atoms. The summed E-state index contributed by atoms with van der Waals surface area (Å²) in [6, 6.07) is 1.86. The lowest BCUT2D eigenvalue weighted by Gasteiger charge is -2.28. The minimum absolute atomic E-state index is 0.119. The third-order valence-corrected chi connectivity index (χ3v) is 6.39. The van der Waals surface area contributed by atoms with E-state index in [1.807, 2.05) is 38.3 Å². The summed E-state index contributed by atoms with van der Waals surface area (Å²) in [5.74, 6) is -1.16. The average Bonchev–Trinajstić information content (AvgIpc) is 3.17. The van der Waals surface area contributed by atoms with Crippen molar-refractivity contribution in [2.45, 2.75) is 65.4 Å². The molecule has 1 aliphatic rings. The number of rotatable bonds is 16. The van der Waals surface area contributed by atoms with Gasteiger partial charge in [0.1, 0.15) is 5.84 Å². The fraction of sp³-hybridized carbons (Fsp3) is 0.615. The van der Waals surface area contributed by atoms with E-state index in [2.05, 4.69) is 10.3 Å². The minimum atomic E-state index is -1.46. The van der Waals surface area contributed by atoms with E-state index in [0.717, 1.165) is 10.6 Å². The summed E-state index contributed by atoms with van der Waals surface area (Å²) in [6.07, 6.45) is 2.98. The Kier molecular flexibility index (Phi) is 11.9. The molecular weight excluding hydrogens is 512 g/mol. The lowest BCUT2D eigenvalue weighted by Crippen LogP contribution is -2.39. The molecule has 2 heterocycles. The Balaban J connectivity index is 1.76. The van der Waals surface area contributed by atoms with Crippen LogP contribution in [0.4, 0.5) is 5.69 Å². The molecule has 212 valence electrons. The molecule has 1 unspecified atom stereocenters. The van der Waals surface area contributed by atoms with Crippen LogP contribution in [0.5, 0.6) is 0 Å². The van der Waals surface area contributed by atoms with Gasteiger partial charge in [-0.25, -0.2) is 10.1 Å². The molecule has 11 nitrogen and oxygen atoms in total. The number of hydrogen-bond acceptors (Lipinski definition) is 9. The maximum atomic E-state index is 13.2. The number of aliphatic imine (C=N–C) groups is 1. The number of fused-ring (bicyclic) bond motifs is 1. The Morgan fingerprint density at radius 2 is 2.00 bits per heavy atom. The number of aliphatic hydroxyl groups is 1. The lowest BCUT2D eigenvalue weighted by atomic mass is 9.94. The van der Waals surface area contributed by atoms with Crippen molar-refractivity contribution in [2.75, 3.05) is 32.9 Å². The number of nitrogens with zero attached hydrogens (tertiary/aromatic N) is 2. The van der Waals surface area contributed by atoms with Crippen molar-refractivity contribution in [3.05, 3.63) is 21.9 Å². The van der Waals surface area contributed by atoms with Gasteiger partial charge in [-0.05, 0) is 37.3 Å². The van der Waals surface area contributed by atoms with E-state index in [0.29, 0.717) is 37.3 Å². The van der Waals surface area contributed by atoms with Gasteiger partial charge in [0.15, 0.2) is 0 Å². The van der Waals surface area contributed by atoms with Gasteiger partial charge in [0.25, 0.3) is 5.91 Å². The number of carbonyl (C=O) groups is 3. The quantitative estimate of drug-likeness (QED) is 0.180. The van der Waals surface area contributed by atoms with Gasteiger partial charge in [0.05, 0.1) is 42.4 Å². The first-order chi connectivity index (χ1) is 17.8. The van der Waals surface area contributed by atoms with Crippen molar-refractivity contribution in [3.63, 3.8) is 0 Å². The second-order valence-electron chi connectivity index (χ2n) is 10.5. The first kappa shape index (κ1) is 31.4. The highest BCUT2D eigenvalue weighted by Gasteiger charge is 2.27. The summed E-state index contributed by atoms with van der Waals surface area (Å²) in [5, 5.41) is 25.0. The highest BCUT2D eigenvalue weighted by Crippen LogP contribution is 2.31. The zero-order chi connectivity index (χ0) is 28.3. The fourth-order valence-corrected chi connectivity index (χ4v) is 4.44. The molecule has 0 saturated heterocycles. The summed E-state index contributed by atoms with van der Waals surface area (Å²) >= 11 is 1.49. The second-order valence-corrected chi connectivity index (χ2v) is 11.4. The van der Waals surface area contributed by atoms with E-state index in [-0.39, 0.29) is 44.5 Å². The third kappa shape index (κ3) is 10.9. The second kappa shape index (κ2) is 14.4. The van der Waals surface area contributed by atoms with Gasteiger partial charge < -0.3 is 26.0 Å². The number of nitrogens with two attached hydrogens (primary N) is 1. The molecule has 2 rings (SSSR count). The maximum Gasteiger partial charge on any atom is 0.306 e. The van der Waals surface area contributed by atoms with Crippen molar-refractivity contribution in [1.29, 1.82) is 0 Å². The number of hydroxylamine groups is 2. The van der Waals surface area contributed by atoms with Crippen LogP contribution in [0, 0.1) is 5.41 Å². The smallest absolute Gasteiger partial charge is 0.306 e. The van der Waals surface area contributed by atoms with Gasteiger partial charge in [0.2, 0.25) is 5.91 Å². The molecule has 0 fully saturated rings. The van der Waals surface area contributed by atoms with Crippen LogP contribution in [0.25, 0.3) is 6.08 Å². The summed E-state index contributed by atoms with van der Waals surface area (Å²) in [6.45, 7) is 8.22. The molecule has 1 atom stereocenters. The summed E-state index contributed by atoms with van der Waals surface area (Å²) in [7, 11) is 0. The van der Waals surface area contributed by atoms with E-state index < -0.39 is 23.4 Å². The molecule has 1 aliphatic heterocycles. The summed E-state index contributed by atoms with van der Waals surface area (Å²) < 4.78 is 5.50. The molecular formula is C26H40N4O7S. The Hall–Kier alpha value is -2.80. The Morgan fingerprint density at radius 3 is 2.68 bits per heavy atom. The van der Waals surface area contributed by atoms with Gasteiger partial charge in [-0.15, -0.1) is 11.3 Å². The standard InChI is InChI=1S/C26H40N4O7S/c1-5-9-30(24(34)18-12-20-19(8-11-38-20)29-21(27)13-18)37-10-6-7-22(31)28-15-25(2,3)16-36-17-26(4,35)14-23(32)33/h8,11-12,35H,5-7,9-10,13-17H2,1-4H3,(H2,27,29)(H,28,31)(H,32,33). The monoisotopic (exact) mass is 552 g/mol. The molecule has 0 radical (unpaired) electrons. The number of thiophene rings is 1.